The van der Waals surface area contributed by atoms with Gasteiger partial charge in [0.1, 0.15) is 11.9 Å². The topological polar surface area (TPSA) is 92.2 Å². The predicted octanol–water partition coefficient (Wildman–Crippen LogP) is 3.36. The van der Waals surface area contributed by atoms with Gasteiger partial charge < -0.3 is 14.6 Å². The summed E-state index contributed by atoms with van der Waals surface area (Å²) in [6.07, 6.45) is 2.06. The lowest BCUT2D eigenvalue weighted by Crippen LogP contribution is -2.49. The van der Waals surface area contributed by atoms with Crippen molar-refractivity contribution in [1.29, 1.82) is 0 Å². The van der Waals surface area contributed by atoms with Gasteiger partial charge >= 0.3 is 0 Å². The molecule has 2 aliphatic rings. The number of hydrogen-bond acceptors (Lipinski definition) is 7. The standard InChI is InChI=1S/C28H32FN7O2/c1-18-5-6-20-16-24(28(37)30-25(20)19(18)2)26(27-31-32-33-36(27)17-23-4-3-15-38-23)35-13-11-34(12-14-35)22-9-7-21(29)8-10-22/h5-10,16,23,26H,3-4,11-15,17H2,1-2H3,(H,30,37)/t23-,26-/m1/s1. The van der Waals surface area contributed by atoms with Gasteiger partial charge in [0.15, 0.2) is 5.82 Å². The highest BCUT2D eigenvalue weighted by Crippen LogP contribution is 2.30. The van der Waals surface area contributed by atoms with E-state index in [-0.39, 0.29) is 17.5 Å². The Morgan fingerprint density at radius 2 is 1.89 bits per heavy atom. The van der Waals surface area contributed by atoms with Gasteiger partial charge in [0.2, 0.25) is 0 Å². The molecule has 2 fully saturated rings. The summed E-state index contributed by atoms with van der Waals surface area (Å²) in [6, 6.07) is 12.3. The number of nitrogens with one attached hydrogen (secondary N) is 1. The van der Waals surface area contributed by atoms with Crippen molar-refractivity contribution in [3.8, 4) is 0 Å². The number of anilines is 1. The number of ether oxygens (including phenoxy) is 1. The van der Waals surface area contributed by atoms with E-state index in [0.29, 0.717) is 31.0 Å². The van der Waals surface area contributed by atoms with Gasteiger partial charge in [-0.15, -0.1) is 5.10 Å². The van der Waals surface area contributed by atoms with Crippen molar-refractivity contribution in [3.63, 3.8) is 0 Å². The van der Waals surface area contributed by atoms with Crippen LogP contribution in [0.4, 0.5) is 10.1 Å². The van der Waals surface area contributed by atoms with Crippen LogP contribution in [0.3, 0.4) is 0 Å². The Hall–Kier alpha value is -3.63. The molecular weight excluding hydrogens is 485 g/mol. The van der Waals surface area contributed by atoms with E-state index in [2.05, 4.69) is 42.4 Å². The van der Waals surface area contributed by atoms with Gasteiger partial charge in [0.05, 0.1) is 18.2 Å². The lowest BCUT2D eigenvalue weighted by Gasteiger charge is -2.39. The van der Waals surface area contributed by atoms with E-state index in [0.717, 1.165) is 60.3 Å². The van der Waals surface area contributed by atoms with Crippen LogP contribution in [-0.4, -0.2) is 69.0 Å². The first kappa shape index (κ1) is 24.7. The molecule has 4 aromatic rings. The number of aromatic amines is 1. The van der Waals surface area contributed by atoms with Crippen LogP contribution in [0.1, 0.15) is 41.4 Å². The molecule has 198 valence electrons. The van der Waals surface area contributed by atoms with Gasteiger partial charge in [-0.3, -0.25) is 9.69 Å². The van der Waals surface area contributed by atoms with Crippen LogP contribution in [-0.2, 0) is 11.3 Å². The third kappa shape index (κ3) is 4.69. The van der Waals surface area contributed by atoms with Crippen molar-refractivity contribution in [3.05, 3.63) is 81.2 Å². The van der Waals surface area contributed by atoms with Crippen molar-refractivity contribution >= 4 is 16.6 Å². The predicted molar refractivity (Wildman–Crippen MR) is 143 cm³/mol. The van der Waals surface area contributed by atoms with Crippen LogP contribution in [0.2, 0.25) is 0 Å². The Morgan fingerprint density at radius 1 is 1.11 bits per heavy atom. The molecule has 2 aromatic carbocycles. The van der Waals surface area contributed by atoms with Crippen LogP contribution in [0.5, 0.6) is 0 Å². The second-order valence-electron chi connectivity index (χ2n) is 10.3. The van der Waals surface area contributed by atoms with Gasteiger partial charge in [0.25, 0.3) is 5.56 Å². The first-order valence-corrected chi connectivity index (χ1v) is 13.2. The fraction of sp³-hybridized carbons (Fsp3) is 0.429. The maximum absolute atomic E-state index is 13.6. The van der Waals surface area contributed by atoms with Crippen LogP contribution < -0.4 is 10.5 Å². The fourth-order valence-corrected chi connectivity index (χ4v) is 5.65. The van der Waals surface area contributed by atoms with E-state index in [1.165, 1.54) is 12.1 Å². The SMILES string of the molecule is Cc1ccc2cc([C@H](c3nnnn3C[C@H]3CCCO3)N3CCN(c4ccc(F)cc4)CC3)c(=O)[nH]c2c1C. The Labute approximate surface area is 220 Å². The molecule has 0 saturated carbocycles. The largest absolute Gasteiger partial charge is 0.376 e. The smallest absolute Gasteiger partial charge is 0.253 e. The number of tetrazole rings is 1. The molecule has 2 atom stereocenters. The second-order valence-corrected chi connectivity index (χ2v) is 10.3. The third-order valence-electron chi connectivity index (χ3n) is 7.95. The molecule has 2 aliphatic heterocycles. The number of pyridine rings is 1. The number of halogens is 1. The summed E-state index contributed by atoms with van der Waals surface area (Å²) in [6.45, 7) is 8.24. The lowest BCUT2D eigenvalue weighted by molar-refractivity contribution is 0.0906. The summed E-state index contributed by atoms with van der Waals surface area (Å²) in [5.41, 5.74) is 4.54. The highest BCUT2D eigenvalue weighted by Gasteiger charge is 2.33. The van der Waals surface area contributed by atoms with Gasteiger partial charge in [-0.05, 0) is 84.0 Å². The van der Waals surface area contributed by atoms with E-state index in [4.69, 9.17) is 4.74 Å². The molecule has 0 spiro atoms. The number of H-pyrrole nitrogens is 1. The summed E-state index contributed by atoms with van der Waals surface area (Å²) in [7, 11) is 0. The van der Waals surface area contributed by atoms with E-state index < -0.39 is 6.04 Å². The highest BCUT2D eigenvalue weighted by molar-refractivity contribution is 5.83. The number of fused-ring (bicyclic) bond motifs is 1. The van der Waals surface area contributed by atoms with Crippen molar-refractivity contribution in [1.82, 2.24) is 30.1 Å². The van der Waals surface area contributed by atoms with Crippen LogP contribution in [0.25, 0.3) is 10.9 Å². The molecule has 2 aromatic heterocycles. The zero-order valence-corrected chi connectivity index (χ0v) is 21.7. The second kappa shape index (κ2) is 10.3. The maximum atomic E-state index is 13.6. The molecule has 4 heterocycles. The van der Waals surface area contributed by atoms with Crippen molar-refractivity contribution in [2.45, 2.75) is 45.4 Å². The molecule has 9 nitrogen and oxygen atoms in total. The van der Waals surface area contributed by atoms with Crippen molar-refractivity contribution < 1.29 is 9.13 Å². The van der Waals surface area contributed by atoms with E-state index in [1.54, 1.807) is 4.68 Å². The number of aryl methyl sites for hydroxylation is 2. The van der Waals surface area contributed by atoms with Gasteiger partial charge in [-0.2, -0.15) is 0 Å². The first-order valence-electron chi connectivity index (χ1n) is 13.2. The molecule has 2 saturated heterocycles. The normalized spacial score (nSPS) is 19.3. The molecule has 0 unspecified atom stereocenters. The lowest BCUT2D eigenvalue weighted by atomic mass is 9.99. The molecular formula is C28H32FN7O2. The number of hydrogen-bond donors (Lipinski definition) is 1. The zero-order chi connectivity index (χ0) is 26.2. The van der Waals surface area contributed by atoms with Gasteiger partial charge in [-0.25, -0.2) is 9.07 Å². The molecule has 10 heteroatoms. The molecule has 1 N–H and O–H groups in total. The Kier molecular flexibility index (Phi) is 6.67. The Morgan fingerprint density at radius 3 is 2.63 bits per heavy atom. The Bertz CT molecular complexity index is 1490. The summed E-state index contributed by atoms with van der Waals surface area (Å²) >= 11 is 0. The van der Waals surface area contributed by atoms with Gasteiger partial charge in [-0.1, -0.05) is 12.1 Å². The first-order chi connectivity index (χ1) is 18.5. The molecule has 0 amide bonds. The molecule has 0 radical (unpaired) electrons. The van der Waals surface area contributed by atoms with Crippen molar-refractivity contribution in [2.75, 3.05) is 37.7 Å². The minimum Gasteiger partial charge on any atom is -0.376 e. The van der Waals surface area contributed by atoms with Gasteiger partial charge in [0, 0.05) is 44.0 Å². The number of nitrogens with zero attached hydrogens (tertiary/aromatic N) is 6. The van der Waals surface area contributed by atoms with E-state index in [9.17, 15) is 9.18 Å². The van der Waals surface area contributed by atoms with Crippen LogP contribution in [0, 0.1) is 19.7 Å². The molecule has 6 rings (SSSR count). The maximum Gasteiger partial charge on any atom is 0.253 e. The minimum atomic E-state index is -0.420. The number of aromatic nitrogens is 5. The summed E-state index contributed by atoms with van der Waals surface area (Å²) in [5.74, 6) is 0.399. The third-order valence-corrected chi connectivity index (χ3v) is 7.95. The minimum absolute atomic E-state index is 0.0636. The number of piperazine rings is 1. The molecule has 38 heavy (non-hydrogen) atoms. The number of benzene rings is 2. The van der Waals surface area contributed by atoms with Crippen molar-refractivity contribution in [2.24, 2.45) is 0 Å². The monoisotopic (exact) mass is 517 g/mol. The van der Waals surface area contributed by atoms with E-state index in [1.807, 2.05) is 32.0 Å². The quantitative estimate of drug-likeness (QED) is 0.419. The van der Waals surface area contributed by atoms with Crippen LogP contribution in [0.15, 0.2) is 47.3 Å². The fourth-order valence-electron chi connectivity index (χ4n) is 5.65. The van der Waals surface area contributed by atoms with Crippen LogP contribution >= 0.6 is 0 Å². The molecule has 0 bridgehead atoms. The summed E-state index contributed by atoms with van der Waals surface area (Å²) in [5, 5.41) is 13.7. The Balaban J connectivity index is 1.37. The average Bonchev–Trinajstić information content (AvgIpc) is 3.61. The zero-order valence-electron chi connectivity index (χ0n) is 21.7. The number of rotatable bonds is 6. The summed E-state index contributed by atoms with van der Waals surface area (Å²) < 4.78 is 21.1. The average molecular weight is 518 g/mol. The highest BCUT2D eigenvalue weighted by atomic mass is 19.1. The molecule has 0 aliphatic carbocycles. The summed E-state index contributed by atoms with van der Waals surface area (Å²) in [4.78, 5) is 21.3. The van der Waals surface area contributed by atoms with E-state index >= 15 is 0 Å².